The number of amides is 1. The first kappa shape index (κ1) is 23.2. The molecule has 0 saturated heterocycles. The van der Waals surface area contributed by atoms with Crippen molar-refractivity contribution in [3.05, 3.63) is 79.9 Å². The summed E-state index contributed by atoms with van der Waals surface area (Å²) in [6.07, 6.45) is 0. The van der Waals surface area contributed by atoms with Crippen molar-refractivity contribution in [2.45, 2.75) is 25.9 Å². The second kappa shape index (κ2) is 9.51. The molecule has 0 aliphatic heterocycles. The predicted octanol–water partition coefficient (Wildman–Crippen LogP) is 5.65. The highest BCUT2D eigenvalue weighted by Gasteiger charge is 2.19. The highest BCUT2D eigenvalue weighted by atomic mass is 35.5. The number of benzene rings is 2. The number of thioether (sulfide) groups is 1. The van der Waals surface area contributed by atoms with E-state index in [2.05, 4.69) is 5.32 Å². The summed E-state index contributed by atoms with van der Waals surface area (Å²) >= 11 is 8.72. The molecule has 2 heterocycles. The number of nitrogens with zero attached hydrogens (tertiary/aromatic N) is 2. The summed E-state index contributed by atoms with van der Waals surface area (Å²) in [5, 5.41) is 4.28. The molecule has 0 aliphatic rings. The Labute approximate surface area is 203 Å². The third-order valence-corrected chi connectivity index (χ3v) is 7.41. The van der Waals surface area contributed by atoms with E-state index in [-0.39, 0.29) is 23.0 Å². The number of hydrogen-bond acceptors (Lipinski definition) is 6. The number of anilines is 1. The van der Waals surface area contributed by atoms with Crippen LogP contribution in [0.2, 0.25) is 5.02 Å². The summed E-state index contributed by atoms with van der Waals surface area (Å²) in [5.74, 6) is -0.177. The minimum absolute atomic E-state index is 0.106. The molecule has 33 heavy (non-hydrogen) atoms. The Bertz CT molecular complexity index is 1420. The molecular weight excluding hydrogens is 478 g/mol. The zero-order chi connectivity index (χ0) is 23.7. The van der Waals surface area contributed by atoms with Gasteiger partial charge in [0.25, 0.3) is 5.56 Å². The molecular formula is C24H20ClN3O3S2. The average Bonchev–Trinajstić information content (AvgIpc) is 3.06. The Hall–Kier alpha value is -2.94. The number of Topliss-reactive ketones (excluding diaryl/α,β-unsaturated/α-hetero) is 1. The van der Waals surface area contributed by atoms with Crippen LogP contribution in [0.15, 0.2) is 58.5 Å². The van der Waals surface area contributed by atoms with Crippen LogP contribution in [-0.2, 0) is 4.79 Å². The Balaban J connectivity index is 1.68. The van der Waals surface area contributed by atoms with E-state index in [4.69, 9.17) is 16.6 Å². The maximum atomic E-state index is 13.5. The van der Waals surface area contributed by atoms with Gasteiger partial charge in [-0.25, -0.2) is 4.98 Å². The molecule has 1 amide bonds. The van der Waals surface area contributed by atoms with Crippen LogP contribution >= 0.6 is 34.7 Å². The lowest BCUT2D eigenvalue weighted by Crippen LogP contribution is -2.22. The number of ketones is 1. The largest absolute Gasteiger partial charge is 0.326 e. The number of thiophene rings is 1. The molecule has 4 aromatic rings. The van der Waals surface area contributed by atoms with Gasteiger partial charge in [0.2, 0.25) is 5.91 Å². The normalized spacial score (nSPS) is 11.0. The fourth-order valence-electron chi connectivity index (χ4n) is 3.35. The second-order valence-corrected chi connectivity index (χ2v) is 10.0. The van der Waals surface area contributed by atoms with Crippen molar-refractivity contribution in [2.75, 3.05) is 11.1 Å². The number of halogens is 1. The van der Waals surface area contributed by atoms with Gasteiger partial charge in [-0.05, 0) is 67.9 Å². The zero-order valence-electron chi connectivity index (χ0n) is 18.1. The average molecular weight is 498 g/mol. The number of aryl methyl sites for hydroxylation is 2. The lowest BCUT2D eigenvalue weighted by atomic mass is 10.1. The molecule has 4 rings (SSSR count). The SMILES string of the molecule is CC(=O)Nc1ccc(C(=O)CSc2nc3sc(C)c(C)c3c(=O)n2-c2ccc(Cl)cc2)cc1. The fourth-order valence-corrected chi connectivity index (χ4v) is 5.45. The van der Waals surface area contributed by atoms with E-state index >= 15 is 0 Å². The summed E-state index contributed by atoms with van der Waals surface area (Å²) in [5.41, 5.74) is 2.53. The number of carbonyl (C=O) groups excluding carboxylic acids is 2. The molecule has 0 radical (unpaired) electrons. The summed E-state index contributed by atoms with van der Waals surface area (Å²) in [4.78, 5) is 43.9. The topological polar surface area (TPSA) is 81.1 Å². The molecule has 6 nitrogen and oxygen atoms in total. The van der Waals surface area contributed by atoms with E-state index in [9.17, 15) is 14.4 Å². The summed E-state index contributed by atoms with van der Waals surface area (Å²) in [7, 11) is 0. The van der Waals surface area contributed by atoms with Crippen molar-refractivity contribution >= 4 is 62.3 Å². The van der Waals surface area contributed by atoms with Gasteiger partial charge in [0.1, 0.15) is 4.83 Å². The van der Waals surface area contributed by atoms with E-state index in [0.29, 0.717) is 37.3 Å². The number of aromatic nitrogens is 2. The lowest BCUT2D eigenvalue weighted by Gasteiger charge is -2.12. The Kier molecular flexibility index (Phi) is 6.69. The van der Waals surface area contributed by atoms with Gasteiger partial charge >= 0.3 is 0 Å². The third kappa shape index (κ3) is 4.88. The molecule has 0 aliphatic carbocycles. The Morgan fingerprint density at radius 3 is 2.39 bits per heavy atom. The van der Waals surface area contributed by atoms with Gasteiger partial charge < -0.3 is 5.32 Å². The second-order valence-electron chi connectivity index (χ2n) is 7.45. The first-order valence-corrected chi connectivity index (χ1v) is 12.2. The molecule has 2 aromatic carbocycles. The molecule has 0 spiro atoms. The number of fused-ring (bicyclic) bond motifs is 1. The van der Waals surface area contributed by atoms with Gasteiger partial charge in [-0.2, -0.15) is 0 Å². The molecule has 0 bridgehead atoms. The molecule has 9 heteroatoms. The van der Waals surface area contributed by atoms with Crippen LogP contribution in [0, 0.1) is 13.8 Å². The van der Waals surface area contributed by atoms with Crippen molar-refractivity contribution in [3.63, 3.8) is 0 Å². The predicted molar refractivity (Wildman–Crippen MR) is 136 cm³/mol. The molecule has 168 valence electrons. The summed E-state index contributed by atoms with van der Waals surface area (Å²) < 4.78 is 1.54. The lowest BCUT2D eigenvalue weighted by molar-refractivity contribution is -0.114. The van der Waals surface area contributed by atoms with Gasteiger partial charge in [-0.1, -0.05) is 23.4 Å². The fraction of sp³-hybridized carbons (Fsp3) is 0.167. The molecule has 0 atom stereocenters. The van der Waals surface area contributed by atoms with Crippen LogP contribution in [-0.4, -0.2) is 27.0 Å². The molecule has 2 aromatic heterocycles. The van der Waals surface area contributed by atoms with Crippen molar-refractivity contribution < 1.29 is 9.59 Å². The highest BCUT2D eigenvalue weighted by molar-refractivity contribution is 7.99. The minimum Gasteiger partial charge on any atom is -0.326 e. The van der Waals surface area contributed by atoms with Crippen LogP contribution in [0.5, 0.6) is 0 Å². The van der Waals surface area contributed by atoms with E-state index in [1.165, 1.54) is 34.6 Å². The quantitative estimate of drug-likeness (QED) is 0.211. The number of rotatable bonds is 6. The Morgan fingerprint density at radius 1 is 1.09 bits per heavy atom. The maximum absolute atomic E-state index is 13.5. The zero-order valence-corrected chi connectivity index (χ0v) is 20.5. The Morgan fingerprint density at radius 2 is 1.76 bits per heavy atom. The minimum atomic E-state index is -0.176. The summed E-state index contributed by atoms with van der Waals surface area (Å²) in [6.45, 7) is 5.31. The van der Waals surface area contributed by atoms with Gasteiger partial charge in [-0.3, -0.25) is 19.0 Å². The monoisotopic (exact) mass is 497 g/mol. The highest BCUT2D eigenvalue weighted by Crippen LogP contribution is 2.30. The smallest absolute Gasteiger partial charge is 0.267 e. The molecule has 0 saturated carbocycles. The van der Waals surface area contributed by atoms with Crippen molar-refractivity contribution in [3.8, 4) is 5.69 Å². The van der Waals surface area contributed by atoms with Crippen LogP contribution in [0.25, 0.3) is 15.9 Å². The van der Waals surface area contributed by atoms with Gasteiger partial charge in [0, 0.05) is 28.1 Å². The van der Waals surface area contributed by atoms with E-state index in [1.54, 1.807) is 48.5 Å². The molecule has 0 fully saturated rings. The maximum Gasteiger partial charge on any atom is 0.267 e. The molecule has 1 N–H and O–H groups in total. The van der Waals surface area contributed by atoms with E-state index < -0.39 is 0 Å². The number of nitrogens with one attached hydrogen (secondary N) is 1. The van der Waals surface area contributed by atoms with Gasteiger partial charge in [0.05, 0.1) is 16.8 Å². The van der Waals surface area contributed by atoms with E-state index in [1.807, 2.05) is 13.8 Å². The van der Waals surface area contributed by atoms with E-state index in [0.717, 1.165) is 10.4 Å². The summed E-state index contributed by atoms with van der Waals surface area (Å²) in [6, 6.07) is 13.7. The number of hydrogen-bond donors (Lipinski definition) is 1. The first-order valence-electron chi connectivity index (χ1n) is 10.1. The third-order valence-electron chi connectivity index (χ3n) is 5.12. The van der Waals surface area contributed by atoms with Crippen LogP contribution in [0.1, 0.15) is 27.7 Å². The van der Waals surface area contributed by atoms with Crippen molar-refractivity contribution in [1.82, 2.24) is 9.55 Å². The van der Waals surface area contributed by atoms with Crippen LogP contribution in [0.3, 0.4) is 0 Å². The number of carbonyl (C=O) groups is 2. The standard InChI is InChI=1S/C24H20ClN3O3S2/c1-13-14(2)33-22-21(13)23(31)28(19-10-6-17(25)7-11-19)24(27-22)32-12-20(30)16-4-8-18(9-5-16)26-15(3)29/h4-11H,12H2,1-3H3,(H,26,29). The van der Waals surface area contributed by atoms with Crippen LogP contribution in [0.4, 0.5) is 5.69 Å². The first-order chi connectivity index (χ1) is 15.7. The van der Waals surface area contributed by atoms with Crippen molar-refractivity contribution in [1.29, 1.82) is 0 Å². The van der Waals surface area contributed by atoms with Crippen LogP contribution < -0.4 is 10.9 Å². The van der Waals surface area contributed by atoms with Gasteiger partial charge in [0.15, 0.2) is 10.9 Å². The van der Waals surface area contributed by atoms with Gasteiger partial charge in [-0.15, -0.1) is 11.3 Å². The van der Waals surface area contributed by atoms with Crippen molar-refractivity contribution in [2.24, 2.45) is 0 Å². The molecule has 0 unspecified atom stereocenters.